The highest BCUT2D eigenvalue weighted by molar-refractivity contribution is 7.90. The van der Waals surface area contributed by atoms with E-state index in [0.29, 0.717) is 19.4 Å². The Morgan fingerprint density at radius 2 is 1.78 bits per heavy atom. The van der Waals surface area contributed by atoms with Gasteiger partial charge in [0.25, 0.3) is 0 Å². The quantitative estimate of drug-likeness (QED) is 0.323. The number of ether oxygens (including phenoxy) is 2. The molecule has 0 unspecified atom stereocenters. The van der Waals surface area contributed by atoms with Crippen molar-refractivity contribution in [3.63, 3.8) is 0 Å². The molecule has 6 atom stereocenters. The van der Waals surface area contributed by atoms with E-state index in [1.54, 1.807) is 52.5 Å². The molecule has 16 heteroatoms. The Bertz CT molecular complexity index is 2000. The van der Waals surface area contributed by atoms with Crippen LogP contribution >= 0.6 is 0 Å². The van der Waals surface area contributed by atoms with Crippen molar-refractivity contribution >= 4 is 51.6 Å². The number of hydrogen-bond donors (Lipinski definition) is 3. The summed E-state index contributed by atoms with van der Waals surface area (Å²) in [5, 5.41) is 4.89. The summed E-state index contributed by atoms with van der Waals surface area (Å²) in [6.07, 6.45) is 4.07. The number of Topliss-reactive ketones (excluding diaryl/α,β-unsaturated/α-hetero) is 2. The number of amides is 5. The van der Waals surface area contributed by atoms with E-state index in [9.17, 15) is 37.2 Å². The first-order valence-electron chi connectivity index (χ1n) is 20.1. The van der Waals surface area contributed by atoms with Gasteiger partial charge in [0.1, 0.15) is 12.1 Å². The third-order valence-electron chi connectivity index (χ3n) is 11.7. The molecule has 3 N–H and O–H groups in total. The molecule has 2 saturated carbocycles. The normalized spacial score (nSPS) is 28.7. The number of allylic oxidation sites excluding steroid dienone is 1. The van der Waals surface area contributed by atoms with Crippen LogP contribution in [0.4, 0.5) is 9.59 Å². The number of carbonyl (C=O) groups excluding carboxylic acids is 6. The predicted molar refractivity (Wildman–Crippen MR) is 214 cm³/mol. The fraction of sp³-hybridized carbons (Fsp3) is 0.619. The highest BCUT2D eigenvalue weighted by atomic mass is 32.2. The first-order chi connectivity index (χ1) is 27.1. The Labute approximate surface area is 340 Å². The fourth-order valence-electron chi connectivity index (χ4n) is 8.18. The van der Waals surface area contributed by atoms with E-state index in [4.69, 9.17) is 9.47 Å². The van der Waals surface area contributed by atoms with Gasteiger partial charge in [0.2, 0.25) is 21.8 Å². The first-order valence-corrected chi connectivity index (χ1v) is 21.6. The van der Waals surface area contributed by atoms with Gasteiger partial charge in [-0.3, -0.25) is 28.8 Å². The Balaban J connectivity index is 1.32. The molecule has 3 aliphatic heterocycles. The Kier molecular flexibility index (Phi) is 12.0. The molecule has 1 saturated heterocycles. The number of benzene rings is 1. The summed E-state index contributed by atoms with van der Waals surface area (Å²) in [6.45, 7) is 15.0. The van der Waals surface area contributed by atoms with Crippen LogP contribution in [0.15, 0.2) is 36.9 Å². The van der Waals surface area contributed by atoms with Gasteiger partial charge in [-0.05, 0) is 68.1 Å². The largest absolute Gasteiger partial charge is 0.444 e. The van der Waals surface area contributed by atoms with E-state index < -0.39 is 97.2 Å². The molecule has 1 aromatic carbocycles. The number of rotatable bonds is 8. The molecule has 1 aromatic rings. The maximum absolute atomic E-state index is 14.8. The van der Waals surface area contributed by atoms with Crippen LogP contribution in [0.2, 0.25) is 0 Å². The molecule has 0 spiro atoms. The molecule has 316 valence electrons. The molecule has 4 bridgehead atoms. The van der Waals surface area contributed by atoms with Gasteiger partial charge in [-0.1, -0.05) is 57.2 Å². The summed E-state index contributed by atoms with van der Waals surface area (Å²) in [4.78, 5) is 86.8. The van der Waals surface area contributed by atoms with Gasteiger partial charge in [-0.2, -0.15) is 0 Å². The van der Waals surface area contributed by atoms with Crippen LogP contribution < -0.4 is 15.4 Å². The van der Waals surface area contributed by atoms with E-state index in [-0.39, 0.29) is 52.0 Å². The molecule has 6 rings (SSSR count). The number of nitrogens with one attached hydrogen (secondary N) is 3. The zero-order valence-corrected chi connectivity index (χ0v) is 35.1. The minimum atomic E-state index is -3.91. The average Bonchev–Trinajstić information content (AvgIpc) is 4.01. The van der Waals surface area contributed by atoms with Crippen molar-refractivity contribution in [3.05, 3.63) is 53.6 Å². The standard InChI is InChI=1S/C42H57N5O10S/c1-8-27-19-42(27,37(51)45-58(54,55)29-14-15-29)20-35(49)33-17-28-22-47(33)36(50)31(40(2,3)4)18-34(48)32(43-38(52)44-41(5,6)7)24-56-16-10-13-25-11-9-12-26-21-46(23-30(25)26)39(53)57-28/h8-13,27-29,31-33H,1,14-24H2,2-7H3,(H,45,51)(H2,43,44,52)/b13-10+/t27-,28-,31-,32+,33+,42-/m1/s1. The third-order valence-corrected chi connectivity index (χ3v) is 13.6. The number of nitrogens with zero attached hydrogens (tertiary/aromatic N) is 2. The van der Waals surface area contributed by atoms with E-state index in [0.717, 1.165) is 16.7 Å². The van der Waals surface area contributed by atoms with E-state index in [2.05, 4.69) is 21.9 Å². The summed E-state index contributed by atoms with van der Waals surface area (Å²) < 4.78 is 39.7. The van der Waals surface area contributed by atoms with Crippen molar-refractivity contribution in [1.82, 2.24) is 25.2 Å². The molecule has 3 fully saturated rings. The average molecular weight is 824 g/mol. The smallest absolute Gasteiger partial charge is 0.410 e. The van der Waals surface area contributed by atoms with Crippen LogP contribution in [0.25, 0.3) is 6.08 Å². The molecule has 0 aromatic heterocycles. The van der Waals surface area contributed by atoms with Crippen molar-refractivity contribution < 1.29 is 46.7 Å². The number of ketones is 2. The third kappa shape index (κ3) is 9.65. The van der Waals surface area contributed by atoms with Crippen molar-refractivity contribution in [2.45, 2.75) is 122 Å². The topological polar surface area (TPSA) is 198 Å². The maximum Gasteiger partial charge on any atom is 0.410 e. The van der Waals surface area contributed by atoms with Gasteiger partial charge in [-0.15, -0.1) is 6.58 Å². The van der Waals surface area contributed by atoms with Crippen molar-refractivity contribution in [3.8, 4) is 0 Å². The molecule has 15 nitrogen and oxygen atoms in total. The minimum absolute atomic E-state index is 0.0578. The highest BCUT2D eigenvalue weighted by Gasteiger charge is 2.61. The van der Waals surface area contributed by atoms with Crippen molar-refractivity contribution in [2.75, 3.05) is 19.8 Å². The van der Waals surface area contributed by atoms with E-state index in [1.165, 1.54) is 11.0 Å². The molecule has 5 aliphatic rings. The van der Waals surface area contributed by atoms with Crippen molar-refractivity contribution in [1.29, 1.82) is 0 Å². The van der Waals surface area contributed by atoms with E-state index in [1.807, 2.05) is 24.3 Å². The summed E-state index contributed by atoms with van der Waals surface area (Å²) in [6, 6.07) is 2.90. The molecule has 2 aliphatic carbocycles. The molecular weight excluding hydrogens is 767 g/mol. The van der Waals surface area contributed by atoms with Crippen molar-refractivity contribution in [2.24, 2.45) is 22.7 Å². The summed E-state index contributed by atoms with van der Waals surface area (Å²) in [7, 11) is -3.91. The monoisotopic (exact) mass is 823 g/mol. The summed E-state index contributed by atoms with van der Waals surface area (Å²) >= 11 is 0. The van der Waals surface area contributed by atoms with Crippen LogP contribution in [-0.4, -0.2) is 102 Å². The van der Waals surface area contributed by atoms with Crippen LogP contribution in [-0.2, 0) is 51.8 Å². The number of fused-ring (bicyclic) bond motifs is 3. The minimum Gasteiger partial charge on any atom is -0.444 e. The van der Waals surface area contributed by atoms with E-state index >= 15 is 0 Å². The lowest BCUT2D eigenvalue weighted by Gasteiger charge is -2.35. The molecule has 3 heterocycles. The van der Waals surface area contributed by atoms with Crippen LogP contribution in [0.5, 0.6) is 0 Å². The van der Waals surface area contributed by atoms with Crippen LogP contribution in [0.3, 0.4) is 0 Å². The number of hydrogen-bond acceptors (Lipinski definition) is 10. The predicted octanol–water partition coefficient (Wildman–Crippen LogP) is 4.00. The Morgan fingerprint density at radius 3 is 2.41 bits per heavy atom. The van der Waals surface area contributed by atoms with Gasteiger partial charge in [0.05, 0.1) is 43.0 Å². The highest BCUT2D eigenvalue weighted by Crippen LogP contribution is 2.57. The maximum atomic E-state index is 14.8. The van der Waals surface area contributed by atoms with Crippen LogP contribution in [0, 0.1) is 22.7 Å². The van der Waals surface area contributed by atoms with Gasteiger partial charge in [0.15, 0.2) is 11.6 Å². The number of urea groups is 1. The summed E-state index contributed by atoms with van der Waals surface area (Å²) in [5.74, 6) is -3.70. The molecule has 0 radical (unpaired) electrons. The SMILES string of the molecule is C=C[C@@H]1C[C@]1(CC(=O)[C@@H]1C[C@@H]2CN1C(=O)[C@H](C(C)(C)C)CC(=O)[C@@H](NC(=O)NC(C)(C)C)COC/C=C/c1cccc3c1CN(C3)C(=O)O2)C(=O)NS(=O)(=O)C1CC1. The second kappa shape index (κ2) is 16.2. The lowest BCUT2D eigenvalue weighted by molar-refractivity contribution is -0.146. The second-order valence-electron chi connectivity index (χ2n) is 18.5. The Morgan fingerprint density at radius 1 is 1.05 bits per heavy atom. The van der Waals surface area contributed by atoms with Gasteiger partial charge >= 0.3 is 12.1 Å². The first kappa shape index (κ1) is 43.0. The Hall–Kier alpha value is -4.57. The molecular formula is C42H57N5O10S. The lowest BCUT2D eigenvalue weighted by Crippen LogP contribution is -2.54. The fourth-order valence-corrected chi connectivity index (χ4v) is 9.56. The summed E-state index contributed by atoms with van der Waals surface area (Å²) in [5.41, 5.74) is -0.0479. The van der Waals surface area contributed by atoms with Crippen LogP contribution in [0.1, 0.15) is 96.8 Å². The number of carbonyl (C=O) groups is 6. The van der Waals surface area contributed by atoms with Gasteiger partial charge < -0.3 is 25.0 Å². The zero-order valence-electron chi connectivity index (χ0n) is 34.3. The second-order valence-corrected chi connectivity index (χ2v) is 20.5. The van der Waals surface area contributed by atoms with Gasteiger partial charge in [0, 0.05) is 37.3 Å². The zero-order chi connectivity index (χ0) is 42.4. The molecule has 58 heavy (non-hydrogen) atoms. The van der Waals surface area contributed by atoms with Gasteiger partial charge in [-0.25, -0.2) is 18.0 Å². The number of sulfonamides is 1. The molecule has 5 amide bonds. The lowest BCUT2D eigenvalue weighted by atomic mass is 9.76.